The number of nitrogens with zero attached hydrogens (tertiary/aromatic N) is 1. The summed E-state index contributed by atoms with van der Waals surface area (Å²) in [5, 5.41) is 9.79. The SMILES string of the molecule is Cc1nc(-c2ccc(-c3ccoc3)s2)sc1C(=O)O. The summed E-state index contributed by atoms with van der Waals surface area (Å²) in [4.78, 5) is 17.7. The van der Waals surface area contributed by atoms with Gasteiger partial charge in [-0.05, 0) is 25.1 Å². The second-order valence-corrected chi connectivity index (χ2v) is 6.00. The molecule has 0 bridgehead atoms. The molecular formula is C13H9NO3S2. The highest BCUT2D eigenvalue weighted by Gasteiger charge is 2.16. The molecule has 0 spiro atoms. The molecule has 0 aromatic carbocycles. The number of rotatable bonds is 3. The summed E-state index contributed by atoms with van der Waals surface area (Å²) >= 11 is 2.78. The summed E-state index contributed by atoms with van der Waals surface area (Å²) < 4.78 is 5.05. The quantitative estimate of drug-likeness (QED) is 0.787. The smallest absolute Gasteiger partial charge is 0.347 e. The van der Waals surface area contributed by atoms with E-state index in [0.29, 0.717) is 10.6 Å². The molecule has 3 rings (SSSR count). The second-order valence-electron chi connectivity index (χ2n) is 3.91. The van der Waals surface area contributed by atoms with Crippen molar-refractivity contribution in [3.05, 3.63) is 41.3 Å². The minimum absolute atomic E-state index is 0.299. The van der Waals surface area contributed by atoms with Crippen LogP contribution in [-0.2, 0) is 0 Å². The van der Waals surface area contributed by atoms with E-state index in [1.165, 1.54) is 11.3 Å². The fourth-order valence-corrected chi connectivity index (χ4v) is 3.66. The van der Waals surface area contributed by atoms with Crippen molar-refractivity contribution in [1.29, 1.82) is 0 Å². The molecule has 0 radical (unpaired) electrons. The van der Waals surface area contributed by atoms with Gasteiger partial charge in [0.05, 0.1) is 23.1 Å². The third kappa shape index (κ3) is 2.20. The van der Waals surface area contributed by atoms with Crippen LogP contribution in [0.5, 0.6) is 0 Å². The Balaban J connectivity index is 1.99. The van der Waals surface area contributed by atoms with Crippen LogP contribution < -0.4 is 0 Å². The van der Waals surface area contributed by atoms with Gasteiger partial charge >= 0.3 is 5.97 Å². The second kappa shape index (κ2) is 4.64. The van der Waals surface area contributed by atoms with Crippen molar-refractivity contribution in [3.63, 3.8) is 0 Å². The normalized spacial score (nSPS) is 10.8. The zero-order valence-corrected chi connectivity index (χ0v) is 11.5. The molecule has 3 aromatic heterocycles. The first-order valence-corrected chi connectivity index (χ1v) is 7.12. The first kappa shape index (κ1) is 12.1. The highest BCUT2D eigenvalue weighted by atomic mass is 32.1. The summed E-state index contributed by atoms with van der Waals surface area (Å²) in [5.74, 6) is -0.923. The lowest BCUT2D eigenvalue weighted by atomic mass is 10.3. The first-order chi connectivity index (χ1) is 9.15. The van der Waals surface area contributed by atoms with Crippen LogP contribution in [0.4, 0.5) is 0 Å². The van der Waals surface area contributed by atoms with Crippen LogP contribution in [0.15, 0.2) is 35.1 Å². The third-order valence-corrected chi connectivity index (χ3v) is 5.06. The maximum absolute atomic E-state index is 11.0. The van der Waals surface area contributed by atoms with Crippen LogP contribution >= 0.6 is 22.7 Å². The lowest BCUT2D eigenvalue weighted by Crippen LogP contribution is -1.94. The lowest BCUT2D eigenvalue weighted by molar-refractivity contribution is 0.0701. The van der Waals surface area contributed by atoms with E-state index in [9.17, 15) is 4.79 Å². The van der Waals surface area contributed by atoms with Crippen LogP contribution in [0.2, 0.25) is 0 Å². The molecule has 19 heavy (non-hydrogen) atoms. The van der Waals surface area contributed by atoms with Gasteiger partial charge in [0.15, 0.2) is 0 Å². The summed E-state index contributed by atoms with van der Waals surface area (Å²) in [6, 6.07) is 5.84. The van der Waals surface area contributed by atoms with Gasteiger partial charge < -0.3 is 9.52 Å². The van der Waals surface area contributed by atoms with Crippen LogP contribution in [0.1, 0.15) is 15.4 Å². The summed E-state index contributed by atoms with van der Waals surface area (Å²) in [7, 11) is 0. The number of carbonyl (C=O) groups is 1. The van der Waals surface area contributed by atoms with Gasteiger partial charge in [0.1, 0.15) is 9.88 Å². The van der Waals surface area contributed by atoms with Crippen molar-refractivity contribution < 1.29 is 14.3 Å². The fourth-order valence-electron chi connectivity index (χ4n) is 1.71. The van der Waals surface area contributed by atoms with Gasteiger partial charge in [0, 0.05) is 10.4 Å². The average molecular weight is 291 g/mol. The zero-order chi connectivity index (χ0) is 13.4. The molecule has 0 unspecified atom stereocenters. The third-order valence-electron chi connectivity index (χ3n) is 2.61. The molecule has 0 aliphatic carbocycles. The molecule has 3 aromatic rings. The van der Waals surface area contributed by atoms with E-state index in [-0.39, 0.29) is 0 Å². The van der Waals surface area contributed by atoms with E-state index in [4.69, 9.17) is 9.52 Å². The maximum atomic E-state index is 11.0. The number of hydrogen-bond donors (Lipinski definition) is 1. The fraction of sp³-hybridized carbons (Fsp3) is 0.0769. The Morgan fingerprint density at radius 1 is 1.26 bits per heavy atom. The molecule has 0 saturated carbocycles. The standard InChI is InChI=1S/C13H9NO3S2/c1-7-11(13(15)16)19-12(14-7)10-3-2-9(18-10)8-4-5-17-6-8/h2-6H,1H3,(H,15,16). The highest BCUT2D eigenvalue weighted by Crippen LogP contribution is 2.37. The molecule has 6 heteroatoms. The van der Waals surface area contributed by atoms with Gasteiger partial charge in [0.25, 0.3) is 0 Å². The first-order valence-electron chi connectivity index (χ1n) is 5.48. The van der Waals surface area contributed by atoms with Crippen molar-refractivity contribution in [2.45, 2.75) is 6.92 Å². The van der Waals surface area contributed by atoms with Crippen LogP contribution in [-0.4, -0.2) is 16.1 Å². The molecule has 0 atom stereocenters. The molecule has 96 valence electrons. The van der Waals surface area contributed by atoms with Gasteiger partial charge in [-0.2, -0.15) is 0 Å². The Morgan fingerprint density at radius 3 is 2.68 bits per heavy atom. The monoisotopic (exact) mass is 291 g/mol. The van der Waals surface area contributed by atoms with E-state index >= 15 is 0 Å². The van der Waals surface area contributed by atoms with Crippen LogP contribution in [0, 0.1) is 6.92 Å². The molecule has 0 saturated heterocycles. The van der Waals surface area contributed by atoms with Gasteiger partial charge in [-0.25, -0.2) is 9.78 Å². The minimum atomic E-state index is -0.923. The molecule has 4 nitrogen and oxygen atoms in total. The number of carboxylic acid groups (broad SMARTS) is 1. The summed E-state index contributed by atoms with van der Waals surface area (Å²) in [6.45, 7) is 1.72. The Hall–Kier alpha value is -1.92. The van der Waals surface area contributed by atoms with E-state index in [1.54, 1.807) is 30.8 Å². The van der Waals surface area contributed by atoms with E-state index in [0.717, 1.165) is 20.3 Å². The van der Waals surface area contributed by atoms with Crippen LogP contribution in [0.25, 0.3) is 20.3 Å². The molecular weight excluding hydrogens is 282 g/mol. The minimum Gasteiger partial charge on any atom is -0.477 e. The molecule has 3 heterocycles. The Labute approximate surface area is 117 Å². The zero-order valence-electron chi connectivity index (χ0n) is 9.91. The predicted molar refractivity (Wildman–Crippen MR) is 74.8 cm³/mol. The van der Waals surface area contributed by atoms with E-state index < -0.39 is 5.97 Å². The van der Waals surface area contributed by atoms with Crippen molar-refractivity contribution in [1.82, 2.24) is 4.98 Å². The Bertz CT molecular complexity index is 725. The summed E-state index contributed by atoms with van der Waals surface area (Å²) in [5.41, 5.74) is 1.58. The van der Waals surface area contributed by atoms with Gasteiger partial charge in [0.2, 0.25) is 0 Å². The molecule has 0 aliphatic heterocycles. The molecule has 0 aliphatic rings. The van der Waals surface area contributed by atoms with Crippen molar-refractivity contribution in [2.24, 2.45) is 0 Å². The topological polar surface area (TPSA) is 63.3 Å². The number of hydrogen-bond acceptors (Lipinski definition) is 5. The molecule has 1 N–H and O–H groups in total. The van der Waals surface area contributed by atoms with Gasteiger partial charge in [-0.1, -0.05) is 0 Å². The van der Waals surface area contributed by atoms with Gasteiger partial charge in [-0.15, -0.1) is 22.7 Å². The number of thiophene rings is 1. The largest absolute Gasteiger partial charge is 0.477 e. The molecule has 0 fully saturated rings. The lowest BCUT2D eigenvalue weighted by Gasteiger charge is -1.88. The van der Waals surface area contributed by atoms with Crippen molar-refractivity contribution in [2.75, 3.05) is 0 Å². The van der Waals surface area contributed by atoms with E-state index in [1.807, 2.05) is 18.2 Å². The van der Waals surface area contributed by atoms with Gasteiger partial charge in [-0.3, -0.25) is 0 Å². The Kier molecular flexibility index (Phi) is 2.96. The number of thiazole rings is 1. The van der Waals surface area contributed by atoms with E-state index in [2.05, 4.69) is 4.98 Å². The van der Waals surface area contributed by atoms with Crippen molar-refractivity contribution >= 4 is 28.6 Å². The number of carboxylic acids is 1. The number of aryl methyl sites for hydroxylation is 1. The van der Waals surface area contributed by atoms with Crippen LogP contribution in [0.3, 0.4) is 0 Å². The number of aromatic carboxylic acids is 1. The number of furan rings is 1. The highest BCUT2D eigenvalue weighted by molar-refractivity contribution is 7.24. The Morgan fingerprint density at radius 2 is 2.05 bits per heavy atom. The average Bonchev–Trinajstić information content (AvgIpc) is 3.08. The predicted octanol–water partition coefficient (Wildman–Crippen LogP) is 4.14. The molecule has 0 amide bonds. The summed E-state index contributed by atoms with van der Waals surface area (Å²) in [6.07, 6.45) is 3.32. The van der Waals surface area contributed by atoms with Crippen molar-refractivity contribution in [3.8, 4) is 20.3 Å². The maximum Gasteiger partial charge on any atom is 0.347 e. The number of aromatic nitrogens is 1.